The average molecular weight is 272 g/mol. The topological polar surface area (TPSA) is 12.0 Å². The van der Waals surface area contributed by atoms with Crippen LogP contribution in [0.25, 0.3) is 0 Å². The first kappa shape index (κ1) is 11.1. The van der Waals surface area contributed by atoms with Crippen molar-refractivity contribution in [2.24, 2.45) is 5.92 Å². The molecule has 1 aliphatic rings. The Morgan fingerprint density at radius 3 is 2.80 bits per heavy atom. The molecule has 0 amide bonds. The fourth-order valence-corrected chi connectivity index (χ4v) is 2.51. The number of rotatable bonds is 2. The lowest BCUT2D eigenvalue weighted by Gasteiger charge is -2.22. The van der Waals surface area contributed by atoms with Crippen molar-refractivity contribution in [2.75, 3.05) is 13.1 Å². The van der Waals surface area contributed by atoms with E-state index in [9.17, 15) is 4.39 Å². The third-order valence-corrected chi connectivity index (χ3v) is 3.47. The molecule has 1 nitrogen and oxygen atoms in total. The second-order valence-electron chi connectivity index (χ2n) is 4.13. The summed E-state index contributed by atoms with van der Waals surface area (Å²) in [5, 5.41) is 3.32. The first-order valence-electron chi connectivity index (χ1n) is 5.40. The lowest BCUT2D eigenvalue weighted by atomic mass is 9.91. The van der Waals surface area contributed by atoms with E-state index in [2.05, 4.69) is 21.2 Å². The van der Waals surface area contributed by atoms with Crippen molar-refractivity contribution in [3.8, 4) is 0 Å². The zero-order valence-corrected chi connectivity index (χ0v) is 10.2. The maximum Gasteiger partial charge on any atom is 0.126 e. The predicted octanol–water partition coefficient (Wildman–Crippen LogP) is 3.13. The van der Waals surface area contributed by atoms with Crippen LogP contribution in [0.4, 0.5) is 4.39 Å². The van der Waals surface area contributed by atoms with Gasteiger partial charge in [0.25, 0.3) is 0 Å². The van der Waals surface area contributed by atoms with E-state index >= 15 is 0 Å². The van der Waals surface area contributed by atoms with Gasteiger partial charge in [-0.1, -0.05) is 15.9 Å². The molecule has 1 saturated heterocycles. The Morgan fingerprint density at radius 2 is 2.07 bits per heavy atom. The quantitative estimate of drug-likeness (QED) is 0.872. The van der Waals surface area contributed by atoms with Crippen molar-refractivity contribution >= 4 is 15.9 Å². The highest BCUT2D eigenvalue weighted by Crippen LogP contribution is 2.22. The highest BCUT2D eigenvalue weighted by molar-refractivity contribution is 9.10. The number of halogens is 2. The van der Waals surface area contributed by atoms with Crippen LogP contribution in [0.3, 0.4) is 0 Å². The molecule has 2 rings (SSSR count). The van der Waals surface area contributed by atoms with Gasteiger partial charge in [0.2, 0.25) is 0 Å². The molecule has 1 aromatic rings. The van der Waals surface area contributed by atoms with Crippen LogP contribution < -0.4 is 5.32 Å². The monoisotopic (exact) mass is 271 g/mol. The molecule has 15 heavy (non-hydrogen) atoms. The maximum absolute atomic E-state index is 13.5. The number of hydrogen-bond acceptors (Lipinski definition) is 1. The van der Waals surface area contributed by atoms with Crippen molar-refractivity contribution in [3.63, 3.8) is 0 Å². The van der Waals surface area contributed by atoms with Crippen molar-refractivity contribution in [3.05, 3.63) is 34.1 Å². The van der Waals surface area contributed by atoms with Crippen LogP contribution in [0.2, 0.25) is 0 Å². The second kappa shape index (κ2) is 5.08. The Labute approximate surface area is 98.2 Å². The highest BCUT2D eigenvalue weighted by atomic mass is 79.9. The minimum Gasteiger partial charge on any atom is -0.317 e. The van der Waals surface area contributed by atoms with E-state index < -0.39 is 0 Å². The smallest absolute Gasteiger partial charge is 0.126 e. The molecule has 82 valence electrons. The van der Waals surface area contributed by atoms with Gasteiger partial charge in [0.1, 0.15) is 5.82 Å². The Kier molecular flexibility index (Phi) is 3.76. The van der Waals surface area contributed by atoms with Gasteiger partial charge in [-0.15, -0.1) is 0 Å². The van der Waals surface area contributed by atoms with Crippen LogP contribution in [-0.2, 0) is 6.42 Å². The van der Waals surface area contributed by atoms with E-state index in [1.165, 1.54) is 0 Å². The molecule has 0 atom stereocenters. The minimum absolute atomic E-state index is 0.0725. The number of piperidine rings is 1. The molecule has 0 aromatic heterocycles. The van der Waals surface area contributed by atoms with Crippen LogP contribution in [0, 0.1) is 11.7 Å². The van der Waals surface area contributed by atoms with Gasteiger partial charge in [-0.25, -0.2) is 4.39 Å². The molecule has 1 aliphatic heterocycles. The summed E-state index contributed by atoms with van der Waals surface area (Å²) >= 11 is 3.38. The van der Waals surface area contributed by atoms with Crippen molar-refractivity contribution in [1.82, 2.24) is 5.32 Å². The van der Waals surface area contributed by atoms with E-state index in [-0.39, 0.29) is 5.82 Å². The first-order valence-corrected chi connectivity index (χ1v) is 6.19. The van der Waals surface area contributed by atoms with Crippen LogP contribution in [-0.4, -0.2) is 13.1 Å². The van der Waals surface area contributed by atoms with Crippen molar-refractivity contribution in [1.29, 1.82) is 0 Å². The lowest BCUT2D eigenvalue weighted by molar-refractivity contribution is 0.368. The molecule has 1 heterocycles. The van der Waals surface area contributed by atoms with Crippen molar-refractivity contribution < 1.29 is 4.39 Å². The SMILES string of the molecule is Fc1ccc(Br)cc1CC1CCNCC1. The molecule has 3 heteroatoms. The normalized spacial score (nSPS) is 18.0. The van der Waals surface area contributed by atoms with Crippen LogP contribution in [0.5, 0.6) is 0 Å². The van der Waals surface area contributed by atoms with Gasteiger partial charge in [-0.05, 0) is 62.0 Å². The summed E-state index contributed by atoms with van der Waals surface area (Å²) in [6.07, 6.45) is 3.19. The molecule has 0 bridgehead atoms. The molecule has 0 unspecified atom stereocenters. The average Bonchev–Trinajstić information content (AvgIpc) is 2.25. The summed E-state index contributed by atoms with van der Waals surface area (Å²) in [5.41, 5.74) is 0.844. The summed E-state index contributed by atoms with van der Waals surface area (Å²) in [6, 6.07) is 5.19. The van der Waals surface area contributed by atoms with Crippen LogP contribution >= 0.6 is 15.9 Å². The summed E-state index contributed by atoms with van der Waals surface area (Å²) in [4.78, 5) is 0. The molecule has 0 radical (unpaired) electrons. The Hall–Kier alpha value is -0.410. The molecule has 0 aliphatic carbocycles. The van der Waals surface area contributed by atoms with Gasteiger partial charge < -0.3 is 5.32 Å². The number of benzene rings is 1. The molecule has 1 fully saturated rings. The van der Waals surface area contributed by atoms with Gasteiger partial charge in [0, 0.05) is 4.47 Å². The Morgan fingerprint density at radius 1 is 1.33 bits per heavy atom. The summed E-state index contributed by atoms with van der Waals surface area (Å²) in [7, 11) is 0. The third-order valence-electron chi connectivity index (χ3n) is 2.98. The molecular formula is C12H15BrFN. The fraction of sp³-hybridized carbons (Fsp3) is 0.500. The molecule has 1 N–H and O–H groups in total. The lowest BCUT2D eigenvalue weighted by Crippen LogP contribution is -2.28. The number of nitrogens with one attached hydrogen (secondary N) is 1. The third kappa shape index (κ3) is 3.02. The van der Waals surface area contributed by atoms with Gasteiger partial charge in [0.05, 0.1) is 0 Å². The first-order chi connectivity index (χ1) is 7.25. The maximum atomic E-state index is 13.5. The van der Waals surface area contributed by atoms with Crippen LogP contribution in [0.1, 0.15) is 18.4 Å². The fourth-order valence-electron chi connectivity index (χ4n) is 2.10. The van der Waals surface area contributed by atoms with E-state index in [0.717, 1.165) is 42.4 Å². The van der Waals surface area contributed by atoms with Gasteiger partial charge in [-0.3, -0.25) is 0 Å². The Balaban J connectivity index is 2.05. The van der Waals surface area contributed by atoms with Gasteiger partial charge in [0.15, 0.2) is 0 Å². The zero-order valence-electron chi connectivity index (χ0n) is 8.60. The molecule has 0 spiro atoms. The zero-order chi connectivity index (χ0) is 10.7. The standard InChI is InChI=1S/C12H15BrFN/c13-11-1-2-12(14)10(8-11)7-9-3-5-15-6-4-9/h1-2,8-9,15H,3-7H2. The summed E-state index contributed by atoms with van der Waals surface area (Å²) < 4.78 is 14.5. The van der Waals surface area contributed by atoms with E-state index in [0.29, 0.717) is 5.92 Å². The highest BCUT2D eigenvalue weighted by Gasteiger charge is 2.15. The van der Waals surface area contributed by atoms with Crippen LogP contribution in [0.15, 0.2) is 22.7 Å². The second-order valence-corrected chi connectivity index (χ2v) is 5.05. The number of hydrogen-bond donors (Lipinski definition) is 1. The van der Waals surface area contributed by atoms with Crippen molar-refractivity contribution in [2.45, 2.75) is 19.3 Å². The summed E-state index contributed by atoms with van der Waals surface area (Å²) in [5.74, 6) is 0.562. The van der Waals surface area contributed by atoms with Gasteiger partial charge in [-0.2, -0.15) is 0 Å². The van der Waals surface area contributed by atoms with E-state index in [1.54, 1.807) is 12.1 Å². The van der Waals surface area contributed by atoms with Gasteiger partial charge >= 0.3 is 0 Å². The summed E-state index contributed by atoms with van der Waals surface area (Å²) in [6.45, 7) is 2.14. The largest absolute Gasteiger partial charge is 0.317 e. The molecule has 0 saturated carbocycles. The minimum atomic E-state index is -0.0725. The van der Waals surface area contributed by atoms with E-state index in [4.69, 9.17) is 0 Å². The predicted molar refractivity (Wildman–Crippen MR) is 63.4 cm³/mol. The molecular weight excluding hydrogens is 257 g/mol. The molecule has 1 aromatic carbocycles. The van der Waals surface area contributed by atoms with E-state index in [1.807, 2.05) is 6.07 Å². The Bertz CT molecular complexity index is 334.